The van der Waals surface area contributed by atoms with Crippen molar-refractivity contribution in [1.29, 1.82) is 0 Å². The zero-order valence-electron chi connectivity index (χ0n) is 11.0. The van der Waals surface area contributed by atoms with Gasteiger partial charge in [0.25, 0.3) is 0 Å². The van der Waals surface area contributed by atoms with Crippen LogP contribution >= 0.6 is 0 Å². The Balaban J connectivity index is 1.70. The lowest BCUT2D eigenvalue weighted by Gasteiger charge is -2.24. The molecule has 2 N–H and O–H groups in total. The molecule has 6 nitrogen and oxygen atoms in total. The Bertz CT molecular complexity index is 465. The van der Waals surface area contributed by atoms with Gasteiger partial charge in [-0.1, -0.05) is 0 Å². The third-order valence-electron chi connectivity index (χ3n) is 4.31. The second-order valence-corrected chi connectivity index (χ2v) is 5.61. The van der Waals surface area contributed by atoms with Gasteiger partial charge in [0, 0.05) is 19.4 Å². The molecule has 2 aliphatic heterocycles. The van der Waals surface area contributed by atoms with Crippen LogP contribution in [0.4, 0.5) is 0 Å². The van der Waals surface area contributed by atoms with Gasteiger partial charge in [0.1, 0.15) is 11.6 Å². The Morgan fingerprint density at radius 1 is 1.32 bits per heavy atom. The van der Waals surface area contributed by atoms with Gasteiger partial charge in [0.05, 0.1) is 5.92 Å². The van der Waals surface area contributed by atoms with Crippen molar-refractivity contribution in [2.45, 2.75) is 38.6 Å². The maximum Gasteiger partial charge on any atom is 0.307 e. The van der Waals surface area contributed by atoms with Gasteiger partial charge in [0.15, 0.2) is 0 Å². The third-order valence-corrected chi connectivity index (χ3v) is 4.31. The van der Waals surface area contributed by atoms with Crippen molar-refractivity contribution in [2.75, 3.05) is 13.1 Å². The molecule has 1 aromatic heterocycles. The molecule has 0 aliphatic carbocycles. The molecule has 3 heterocycles. The second kappa shape index (κ2) is 5.28. The summed E-state index contributed by atoms with van der Waals surface area (Å²) < 4.78 is 2.14. The molecule has 0 amide bonds. The van der Waals surface area contributed by atoms with E-state index in [0.717, 1.165) is 37.7 Å². The Morgan fingerprint density at radius 2 is 2.11 bits per heavy atom. The fraction of sp³-hybridized carbons (Fsp3) is 0.769. The van der Waals surface area contributed by atoms with E-state index < -0.39 is 5.97 Å². The van der Waals surface area contributed by atoms with Crippen LogP contribution in [0, 0.1) is 11.8 Å². The Labute approximate surface area is 112 Å². The molecular formula is C13H20N4O2. The number of aromatic nitrogens is 3. The number of fused-ring (bicyclic) bond motifs is 1. The molecule has 0 spiro atoms. The van der Waals surface area contributed by atoms with Gasteiger partial charge >= 0.3 is 5.97 Å². The van der Waals surface area contributed by atoms with Crippen LogP contribution in [0.1, 0.15) is 30.9 Å². The first kappa shape index (κ1) is 12.6. The summed E-state index contributed by atoms with van der Waals surface area (Å²) in [4.78, 5) is 11.0. The highest BCUT2D eigenvalue weighted by atomic mass is 16.4. The van der Waals surface area contributed by atoms with Crippen LogP contribution in [-0.4, -0.2) is 38.9 Å². The number of carbonyl (C=O) groups is 1. The molecule has 0 radical (unpaired) electrons. The maximum absolute atomic E-state index is 11.0. The highest BCUT2D eigenvalue weighted by molar-refractivity contribution is 5.70. The number of carboxylic acid groups (broad SMARTS) is 1. The van der Waals surface area contributed by atoms with Crippen LogP contribution < -0.4 is 5.32 Å². The molecule has 6 heteroatoms. The van der Waals surface area contributed by atoms with Crippen molar-refractivity contribution in [2.24, 2.45) is 11.8 Å². The minimum absolute atomic E-state index is 0.288. The number of rotatable bonds is 3. The van der Waals surface area contributed by atoms with E-state index in [0.29, 0.717) is 18.8 Å². The van der Waals surface area contributed by atoms with E-state index in [1.54, 1.807) is 0 Å². The monoisotopic (exact) mass is 264 g/mol. The molecule has 0 bridgehead atoms. The van der Waals surface area contributed by atoms with E-state index in [-0.39, 0.29) is 5.92 Å². The number of hydrogen-bond donors (Lipinski definition) is 2. The molecule has 0 saturated carbocycles. The summed E-state index contributed by atoms with van der Waals surface area (Å²) in [5.74, 6) is 1.58. The standard InChI is InChI=1S/C13H20N4O2/c18-13(19)10-3-6-17-11(15-16-12(17)8-10)7-9-1-4-14-5-2-9/h9-10,14H,1-8H2,(H,18,19). The summed E-state index contributed by atoms with van der Waals surface area (Å²) in [5.41, 5.74) is 0. The Kier molecular flexibility index (Phi) is 3.50. The number of hydrogen-bond acceptors (Lipinski definition) is 4. The van der Waals surface area contributed by atoms with E-state index in [2.05, 4.69) is 20.1 Å². The van der Waals surface area contributed by atoms with Crippen molar-refractivity contribution in [3.8, 4) is 0 Å². The predicted molar refractivity (Wildman–Crippen MR) is 68.8 cm³/mol. The summed E-state index contributed by atoms with van der Waals surface area (Å²) in [6, 6.07) is 0. The van der Waals surface area contributed by atoms with Gasteiger partial charge in [0.2, 0.25) is 0 Å². The first-order valence-electron chi connectivity index (χ1n) is 7.08. The lowest BCUT2D eigenvalue weighted by molar-refractivity contribution is -0.142. The van der Waals surface area contributed by atoms with E-state index in [4.69, 9.17) is 5.11 Å². The average molecular weight is 264 g/mol. The minimum atomic E-state index is -0.714. The van der Waals surface area contributed by atoms with Crippen molar-refractivity contribution in [3.05, 3.63) is 11.6 Å². The Morgan fingerprint density at radius 3 is 2.84 bits per heavy atom. The van der Waals surface area contributed by atoms with Crippen LogP contribution in [0.25, 0.3) is 0 Å². The first-order chi connectivity index (χ1) is 9.24. The first-order valence-corrected chi connectivity index (χ1v) is 7.08. The fourth-order valence-electron chi connectivity index (χ4n) is 3.09. The van der Waals surface area contributed by atoms with Gasteiger partial charge in [-0.15, -0.1) is 10.2 Å². The molecule has 2 aliphatic rings. The number of aliphatic carboxylic acids is 1. The van der Waals surface area contributed by atoms with Crippen LogP contribution in [0.3, 0.4) is 0 Å². The summed E-state index contributed by atoms with van der Waals surface area (Å²) in [6.07, 6.45) is 4.58. The molecule has 19 heavy (non-hydrogen) atoms. The Hall–Kier alpha value is -1.43. The van der Waals surface area contributed by atoms with Gasteiger partial charge < -0.3 is 15.0 Å². The number of nitrogens with zero attached hydrogens (tertiary/aromatic N) is 3. The SMILES string of the molecule is O=C(O)C1CCn2c(CC3CCNCC3)nnc2C1. The highest BCUT2D eigenvalue weighted by Gasteiger charge is 2.28. The molecule has 1 fully saturated rings. The topological polar surface area (TPSA) is 80.0 Å². The highest BCUT2D eigenvalue weighted by Crippen LogP contribution is 2.23. The van der Waals surface area contributed by atoms with E-state index in [1.807, 2.05) is 0 Å². The molecule has 1 saturated heterocycles. The molecule has 1 aromatic rings. The molecule has 1 unspecified atom stereocenters. The quantitative estimate of drug-likeness (QED) is 0.829. The zero-order valence-corrected chi connectivity index (χ0v) is 11.0. The van der Waals surface area contributed by atoms with E-state index >= 15 is 0 Å². The zero-order chi connectivity index (χ0) is 13.2. The molecule has 1 atom stereocenters. The summed E-state index contributed by atoms with van der Waals surface area (Å²) in [6.45, 7) is 2.93. The van der Waals surface area contributed by atoms with Gasteiger partial charge in [-0.05, 0) is 38.3 Å². The number of carboxylic acids is 1. The van der Waals surface area contributed by atoms with Crippen LogP contribution in [0.2, 0.25) is 0 Å². The third kappa shape index (κ3) is 2.63. The van der Waals surface area contributed by atoms with Crippen LogP contribution in [0.5, 0.6) is 0 Å². The average Bonchev–Trinajstić information content (AvgIpc) is 2.82. The largest absolute Gasteiger partial charge is 0.481 e. The van der Waals surface area contributed by atoms with Gasteiger partial charge in [-0.2, -0.15) is 0 Å². The number of piperidine rings is 1. The molecular weight excluding hydrogens is 244 g/mol. The lowest BCUT2D eigenvalue weighted by atomic mass is 9.93. The lowest BCUT2D eigenvalue weighted by Crippen LogP contribution is -2.30. The van der Waals surface area contributed by atoms with Crippen molar-refractivity contribution < 1.29 is 9.90 Å². The minimum Gasteiger partial charge on any atom is -0.481 e. The number of nitrogens with one attached hydrogen (secondary N) is 1. The van der Waals surface area contributed by atoms with Crippen LogP contribution in [0.15, 0.2) is 0 Å². The summed E-state index contributed by atoms with van der Waals surface area (Å²) >= 11 is 0. The van der Waals surface area contributed by atoms with Gasteiger partial charge in [-0.25, -0.2) is 0 Å². The maximum atomic E-state index is 11.0. The molecule has 0 aromatic carbocycles. The molecule has 104 valence electrons. The summed E-state index contributed by atoms with van der Waals surface area (Å²) in [7, 11) is 0. The van der Waals surface area contributed by atoms with Crippen molar-refractivity contribution in [1.82, 2.24) is 20.1 Å². The normalized spacial score (nSPS) is 24.1. The predicted octanol–water partition coefficient (Wildman–Crippen LogP) is 0.467. The van der Waals surface area contributed by atoms with Crippen molar-refractivity contribution >= 4 is 5.97 Å². The second-order valence-electron chi connectivity index (χ2n) is 5.61. The molecule has 3 rings (SSSR count). The fourth-order valence-corrected chi connectivity index (χ4v) is 3.09. The van der Waals surface area contributed by atoms with E-state index in [9.17, 15) is 4.79 Å². The summed E-state index contributed by atoms with van der Waals surface area (Å²) in [5, 5.41) is 20.9. The van der Waals surface area contributed by atoms with Crippen molar-refractivity contribution in [3.63, 3.8) is 0 Å². The van der Waals surface area contributed by atoms with E-state index in [1.165, 1.54) is 12.8 Å². The van der Waals surface area contributed by atoms with Crippen LogP contribution in [-0.2, 0) is 24.2 Å². The van der Waals surface area contributed by atoms with Gasteiger partial charge in [-0.3, -0.25) is 4.79 Å². The smallest absolute Gasteiger partial charge is 0.307 e.